The van der Waals surface area contributed by atoms with E-state index in [1.165, 1.54) is 25.5 Å². The summed E-state index contributed by atoms with van der Waals surface area (Å²) in [5, 5.41) is 7.61. The van der Waals surface area contributed by atoms with Gasteiger partial charge in [-0.25, -0.2) is 14.3 Å². The Bertz CT molecular complexity index is 610. The molecule has 25 heavy (non-hydrogen) atoms. The van der Waals surface area contributed by atoms with Crippen molar-refractivity contribution in [2.75, 3.05) is 18.5 Å². The summed E-state index contributed by atoms with van der Waals surface area (Å²) >= 11 is 0. The predicted molar refractivity (Wildman–Crippen MR) is 94.1 cm³/mol. The second-order valence-corrected chi connectivity index (χ2v) is 6.05. The minimum absolute atomic E-state index is 0.155. The number of hydrogen-bond donors (Lipinski definition) is 1. The van der Waals surface area contributed by atoms with Crippen molar-refractivity contribution in [1.82, 2.24) is 9.78 Å². The highest BCUT2D eigenvalue weighted by Gasteiger charge is 2.22. The first-order chi connectivity index (χ1) is 12.1. The van der Waals surface area contributed by atoms with Crippen molar-refractivity contribution in [3.63, 3.8) is 0 Å². The number of aryl methyl sites for hydroxylation is 1. The lowest BCUT2D eigenvalue weighted by Crippen LogP contribution is -2.20. The van der Waals surface area contributed by atoms with E-state index >= 15 is 0 Å². The Labute approximate surface area is 148 Å². The molecule has 1 fully saturated rings. The fraction of sp³-hybridized carbons (Fsp3) is 0.611. The van der Waals surface area contributed by atoms with Crippen LogP contribution in [-0.4, -0.2) is 34.9 Å². The summed E-state index contributed by atoms with van der Waals surface area (Å²) < 4.78 is 11.8. The molecule has 1 aliphatic rings. The van der Waals surface area contributed by atoms with Gasteiger partial charge in [0.1, 0.15) is 5.82 Å². The van der Waals surface area contributed by atoms with Crippen molar-refractivity contribution in [3.8, 4) is 0 Å². The minimum Gasteiger partial charge on any atom is -0.462 e. The van der Waals surface area contributed by atoms with Crippen molar-refractivity contribution in [2.45, 2.75) is 58.9 Å². The molecule has 7 heteroatoms. The van der Waals surface area contributed by atoms with E-state index in [0.29, 0.717) is 6.04 Å². The van der Waals surface area contributed by atoms with Crippen molar-refractivity contribution in [1.29, 1.82) is 0 Å². The van der Waals surface area contributed by atoms with Gasteiger partial charge in [0.25, 0.3) is 0 Å². The van der Waals surface area contributed by atoms with Crippen molar-refractivity contribution < 1.29 is 19.1 Å². The molecule has 138 valence electrons. The number of rotatable bonds is 7. The molecule has 0 aromatic carbocycles. The second kappa shape index (κ2) is 9.25. The van der Waals surface area contributed by atoms with Gasteiger partial charge in [-0.1, -0.05) is 19.3 Å². The average molecular weight is 349 g/mol. The van der Waals surface area contributed by atoms with Crippen LogP contribution in [-0.2, 0) is 19.1 Å². The topological polar surface area (TPSA) is 82.5 Å². The molecule has 0 bridgehead atoms. The zero-order chi connectivity index (χ0) is 18.2. The lowest BCUT2D eigenvalue weighted by atomic mass is 9.96. The second-order valence-electron chi connectivity index (χ2n) is 6.05. The van der Waals surface area contributed by atoms with Crippen molar-refractivity contribution >= 4 is 17.8 Å². The maximum absolute atomic E-state index is 12.0. The summed E-state index contributed by atoms with van der Waals surface area (Å²) in [6.07, 6.45) is 7.16. The highest BCUT2D eigenvalue weighted by molar-refractivity contribution is 6.14. The largest absolute Gasteiger partial charge is 0.462 e. The fourth-order valence-electron chi connectivity index (χ4n) is 2.99. The first kappa shape index (κ1) is 19.0. The zero-order valence-corrected chi connectivity index (χ0v) is 15.2. The molecule has 1 heterocycles. The molecule has 7 nitrogen and oxygen atoms in total. The minimum atomic E-state index is -0.700. The van der Waals surface area contributed by atoms with Gasteiger partial charge in [-0.3, -0.25) is 0 Å². The Morgan fingerprint density at radius 3 is 2.36 bits per heavy atom. The van der Waals surface area contributed by atoms with Gasteiger partial charge in [-0.15, -0.1) is 0 Å². The van der Waals surface area contributed by atoms with Gasteiger partial charge in [0.15, 0.2) is 5.57 Å². The molecule has 1 saturated carbocycles. The van der Waals surface area contributed by atoms with E-state index < -0.39 is 11.9 Å². The summed E-state index contributed by atoms with van der Waals surface area (Å²) in [6.45, 7) is 5.68. The van der Waals surface area contributed by atoms with Crippen LogP contribution >= 0.6 is 0 Å². The molecule has 0 amide bonds. The number of anilines is 1. The fourth-order valence-corrected chi connectivity index (χ4v) is 2.99. The van der Waals surface area contributed by atoms with Gasteiger partial charge >= 0.3 is 11.9 Å². The average Bonchev–Trinajstić information content (AvgIpc) is 2.97. The molecule has 2 rings (SSSR count). The van der Waals surface area contributed by atoms with Crippen LogP contribution in [0.4, 0.5) is 5.82 Å². The van der Waals surface area contributed by atoms with Crippen molar-refractivity contribution in [3.05, 3.63) is 23.5 Å². The van der Waals surface area contributed by atoms with Gasteiger partial charge in [0, 0.05) is 12.3 Å². The third kappa shape index (κ3) is 5.08. The number of nitrogens with zero attached hydrogens (tertiary/aromatic N) is 2. The molecule has 0 aliphatic heterocycles. The number of nitrogens with one attached hydrogen (secondary N) is 1. The smallest absolute Gasteiger partial charge is 0.347 e. The van der Waals surface area contributed by atoms with Gasteiger partial charge in [-0.05, 0) is 33.6 Å². The first-order valence-electron chi connectivity index (χ1n) is 8.93. The summed E-state index contributed by atoms with van der Waals surface area (Å²) in [5.74, 6) is -0.640. The zero-order valence-electron chi connectivity index (χ0n) is 15.2. The number of aromatic nitrogens is 2. The number of esters is 2. The van der Waals surface area contributed by atoms with Gasteiger partial charge in [0.05, 0.1) is 24.9 Å². The maximum atomic E-state index is 12.0. The Balaban J connectivity index is 2.21. The number of ether oxygens (including phenoxy) is 2. The molecule has 0 saturated heterocycles. The van der Waals surface area contributed by atoms with E-state index in [1.807, 2.05) is 17.7 Å². The molecular formula is C18H27N3O4. The molecule has 1 N–H and O–H groups in total. The molecule has 1 aromatic heterocycles. The van der Waals surface area contributed by atoms with Crippen LogP contribution in [0, 0.1) is 6.92 Å². The third-order valence-electron chi connectivity index (χ3n) is 4.13. The van der Waals surface area contributed by atoms with Gasteiger partial charge < -0.3 is 14.8 Å². The van der Waals surface area contributed by atoms with Gasteiger partial charge in [0.2, 0.25) is 0 Å². The Hall–Kier alpha value is -2.31. The van der Waals surface area contributed by atoms with E-state index in [9.17, 15) is 9.59 Å². The standard InChI is InChI=1S/C18H27N3O4/c1-4-24-17(22)15(18(23)25-5-2)12-19-16-11-13(3)20-21(16)14-9-7-6-8-10-14/h11-12,14,19H,4-10H2,1-3H3. The van der Waals surface area contributed by atoms with Crippen LogP contribution in [0.2, 0.25) is 0 Å². The van der Waals surface area contributed by atoms with E-state index in [1.54, 1.807) is 13.8 Å². The number of carbonyl (C=O) groups is 2. The van der Waals surface area contributed by atoms with E-state index in [-0.39, 0.29) is 18.8 Å². The summed E-state index contributed by atoms with van der Waals surface area (Å²) in [4.78, 5) is 24.0. The molecule has 1 aliphatic carbocycles. The highest BCUT2D eigenvalue weighted by atomic mass is 16.6. The van der Waals surface area contributed by atoms with E-state index in [0.717, 1.165) is 24.4 Å². The third-order valence-corrected chi connectivity index (χ3v) is 4.13. The molecule has 0 unspecified atom stereocenters. The van der Waals surface area contributed by atoms with Crippen LogP contribution < -0.4 is 5.32 Å². The SMILES string of the molecule is CCOC(=O)C(=CNc1cc(C)nn1C1CCCCC1)C(=O)OCC. The first-order valence-corrected chi connectivity index (χ1v) is 8.93. The summed E-state index contributed by atoms with van der Waals surface area (Å²) in [6, 6.07) is 2.24. The van der Waals surface area contributed by atoms with E-state index in [2.05, 4.69) is 10.4 Å². The maximum Gasteiger partial charge on any atom is 0.347 e. The van der Waals surface area contributed by atoms with Crippen LogP contribution in [0.1, 0.15) is 57.7 Å². The van der Waals surface area contributed by atoms with Crippen molar-refractivity contribution in [2.24, 2.45) is 0 Å². The van der Waals surface area contributed by atoms with Gasteiger partial charge in [-0.2, -0.15) is 5.10 Å². The monoisotopic (exact) mass is 349 g/mol. The lowest BCUT2D eigenvalue weighted by molar-refractivity contribution is -0.146. The molecular weight excluding hydrogens is 322 g/mol. The van der Waals surface area contributed by atoms with Crippen LogP contribution in [0.3, 0.4) is 0 Å². The Morgan fingerprint density at radius 2 is 1.80 bits per heavy atom. The number of hydrogen-bond acceptors (Lipinski definition) is 6. The molecule has 1 aromatic rings. The predicted octanol–water partition coefficient (Wildman–Crippen LogP) is 3.12. The quantitative estimate of drug-likeness (QED) is 0.352. The van der Waals surface area contributed by atoms with Crippen LogP contribution in [0.25, 0.3) is 0 Å². The molecule has 0 atom stereocenters. The normalized spacial score (nSPS) is 14.7. The lowest BCUT2D eigenvalue weighted by Gasteiger charge is -2.23. The number of carbonyl (C=O) groups excluding carboxylic acids is 2. The summed E-state index contributed by atoms with van der Waals surface area (Å²) in [5.41, 5.74) is 0.730. The highest BCUT2D eigenvalue weighted by Crippen LogP contribution is 2.30. The summed E-state index contributed by atoms with van der Waals surface area (Å²) in [7, 11) is 0. The molecule has 0 spiro atoms. The van der Waals surface area contributed by atoms with Crippen LogP contribution in [0.5, 0.6) is 0 Å². The Morgan fingerprint density at radius 1 is 1.20 bits per heavy atom. The van der Waals surface area contributed by atoms with Crippen LogP contribution in [0.15, 0.2) is 17.8 Å². The van der Waals surface area contributed by atoms with E-state index in [4.69, 9.17) is 9.47 Å². The Kier molecular flexibility index (Phi) is 7.03. The molecule has 0 radical (unpaired) electrons.